The van der Waals surface area contributed by atoms with E-state index >= 15 is 0 Å². The van der Waals surface area contributed by atoms with Crippen LogP contribution in [0.15, 0.2) is 12.1 Å². The second-order valence-electron chi connectivity index (χ2n) is 4.52. The van der Waals surface area contributed by atoms with Gasteiger partial charge in [0.2, 0.25) is 0 Å². The highest BCUT2D eigenvalue weighted by atomic mass is 19.1. The number of rotatable bonds is 3. The van der Waals surface area contributed by atoms with E-state index in [4.69, 9.17) is 5.73 Å². The average molecular weight is 240 g/mol. The zero-order valence-electron chi connectivity index (χ0n) is 9.31. The number of phenolic OH excluding ortho intramolecular Hbond substituents is 1. The van der Waals surface area contributed by atoms with Gasteiger partial charge in [-0.05, 0) is 25.8 Å². The molecule has 0 radical (unpaired) electrons. The van der Waals surface area contributed by atoms with Crippen LogP contribution < -0.4 is 5.73 Å². The van der Waals surface area contributed by atoms with E-state index in [2.05, 4.69) is 0 Å². The predicted molar refractivity (Wildman–Crippen MR) is 59.3 cm³/mol. The fourth-order valence-corrected chi connectivity index (χ4v) is 2.21. The van der Waals surface area contributed by atoms with Gasteiger partial charge in [-0.25, -0.2) is 4.39 Å². The molecule has 3 N–H and O–H groups in total. The molecule has 0 heterocycles. The predicted octanol–water partition coefficient (Wildman–Crippen LogP) is 1.82. The van der Waals surface area contributed by atoms with E-state index < -0.39 is 27.6 Å². The summed E-state index contributed by atoms with van der Waals surface area (Å²) in [5, 5.41) is 20.5. The third kappa shape index (κ3) is 1.74. The van der Waals surface area contributed by atoms with Crippen LogP contribution in [0, 0.1) is 15.9 Å². The number of nitrogens with two attached hydrogens (primary N) is 1. The molecule has 6 heteroatoms. The van der Waals surface area contributed by atoms with Crippen molar-refractivity contribution < 1.29 is 14.4 Å². The highest BCUT2D eigenvalue weighted by molar-refractivity contribution is 5.56. The maximum Gasteiger partial charge on any atom is 0.313 e. The summed E-state index contributed by atoms with van der Waals surface area (Å²) >= 11 is 0. The number of nitro benzene ring substituents is 1. The van der Waals surface area contributed by atoms with Gasteiger partial charge in [-0.1, -0.05) is 0 Å². The number of halogens is 1. The number of nitrogens with zero attached hydrogens (tertiary/aromatic N) is 1. The van der Waals surface area contributed by atoms with Crippen molar-refractivity contribution in [3.05, 3.63) is 33.6 Å². The van der Waals surface area contributed by atoms with Gasteiger partial charge in [0.1, 0.15) is 5.82 Å². The third-order valence-electron chi connectivity index (χ3n) is 3.45. The van der Waals surface area contributed by atoms with Crippen LogP contribution in [0.5, 0.6) is 5.75 Å². The van der Waals surface area contributed by atoms with Crippen molar-refractivity contribution in [1.82, 2.24) is 0 Å². The Morgan fingerprint density at radius 2 is 2.18 bits per heavy atom. The van der Waals surface area contributed by atoms with Gasteiger partial charge in [-0.2, -0.15) is 0 Å². The summed E-state index contributed by atoms with van der Waals surface area (Å²) in [6, 6.07) is 1.57. The molecule has 0 spiro atoms. The van der Waals surface area contributed by atoms with Gasteiger partial charge >= 0.3 is 5.69 Å². The SMILES string of the molecule is CC(N)C1(c2cc(F)cc([N+](=O)[O-])c2O)CC1. The van der Waals surface area contributed by atoms with Crippen LogP contribution in [0.2, 0.25) is 0 Å². The molecule has 0 bridgehead atoms. The summed E-state index contributed by atoms with van der Waals surface area (Å²) in [6.45, 7) is 1.75. The largest absolute Gasteiger partial charge is 0.502 e. The normalized spacial score (nSPS) is 18.8. The first-order valence-electron chi connectivity index (χ1n) is 5.31. The van der Waals surface area contributed by atoms with Crippen molar-refractivity contribution in [2.24, 2.45) is 5.73 Å². The molecular formula is C11H13FN2O3. The Balaban J connectivity index is 2.59. The molecule has 1 aliphatic carbocycles. The Kier molecular flexibility index (Phi) is 2.54. The first-order valence-corrected chi connectivity index (χ1v) is 5.31. The molecule has 1 aliphatic rings. The van der Waals surface area contributed by atoms with Gasteiger partial charge in [0.15, 0.2) is 5.75 Å². The number of phenols is 1. The molecule has 0 saturated heterocycles. The van der Waals surface area contributed by atoms with Crippen LogP contribution in [-0.2, 0) is 5.41 Å². The maximum absolute atomic E-state index is 13.3. The van der Waals surface area contributed by atoms with Crippen LogP contribution in [0.4, 0.5) is 10.1 Å². The first-order chi connectivity index (χ1) is 7.88. The summed E-state index contributed by atoms with van der Waals surface area (Å²) in [7, 11) is 0. The van der Waals surface area contributed by atoms with E-state index in [1.165, 1.54) is 0 Å². The van der Waals surface area contributed by atoms with Crippen LogP contribution >= 0.6 is 0 Å². The zero-order chi connectivity index (χ0) is 12.8. The highest BCUT2D eigenvalue weighted by Gasteiger charge is 2.50. The fraction of sp³-hybridized carbons (Fsp3) is 0.455. The third-order valence-corrected chi connectivity index (χ3v) is 3.45. The molecule has 92 valence electrons. The summed E-state index contributed by atoms with van der Waals surface area (Å²) in [4.78, 5) is 9.90. The second kappa shape index (κ2) is 3.66. The highest BCUT2D eigenvalue weighted by Crippen LogP contribution is 2.54. The van der Waals surface area contributed by atoms with Crippen molar-refractivity contribution in [2.75, 3.05) is 0 Å². The Labute approximate surface area is 97.2 Å². The molecule has 5 nitrogen and oxygen atoms in total. The molecule has 17 heavy (non-hydrogen) atoms. The summed E-state index contributed by atoms with van der Waals surface area (Å²) < 4.78 is 13.3. The molecule has 0 aromatic heterocycles. The maximum atomic E-state index is 13.3. The van der Waals surface area contributed by atoms with Crippen LogP contribution in [0.3, 0.4) is 0 Å². The summed E-state index contributed by atoms with van der Waals surface area (Å²) in [5.74, 6) is -1.19. The molecule has 1 aromatic carbocycles. The molecule has 1 atom stereocenters. The lowest BCUT2D eigenvalue weighted by molar-refractivity contribution is -0.386. The number of nitro groups is 1. The topological polar surface area (TPSA) is 89.4 Å². The van der Waals surface area contributed by atoms with Gasteiger partial charge in [-0.15, -0.1) is 0 Å². The lowest BCUT2D eigenvalue weighted by Crippen LogP contribution is -2.31. The van der Waals surface area contributed by atoms with Crippen molar-refractivity contribution in [3.8, 4) is 5.75 Å². The van der Waals surface area contributed by atoms with Crippen molar-refractivity contribution in [1.29, 1.82) is 0 Å². The Bertz CT molecular complexity index is 484. The van der Waals surface area contributed by atoms with Crippen LogP contribution in [-0.4, -0.2) is 16.1 Å². The van der Waals surface area contributed by atoms with Crippen LogP contribution in [0.25, 0.3) is 0 Å². The zero-order valence-corrected chi connectivity index (χ0v) is 9.31. The van der Waals surface area contributed by atoms with E-state index in [0.717, 1.165) is 12.1 Å². The molecule has 0 amide bonds. The molecule has 1 saturated carbocycles. The van der Waals surface area contributed by atoms with Gasteiger partial charge in [0, 0.05) is 17.0 Å². The minimum atomic E-state index is -0.792. The minimum absolute atomic E-state index is 0.249. The lowest BCUT2D eigenvalue weighted by Gasteiger charge is -2.20. The number of hydrogen-bond acceptors (Lipinski definition) is 4. The standard InChI is InChI=1S/C11H13FN2O3/c1-6(13)11(2-3-11)8-4-7(12)5-9(10(8)15)14(16)17/h4-6,15H,2-3,13H2,1H3. The van der Waals surface area contributed by atoms with Gasteiger partial charge < -0.3 is 10.8 Å². The molecule has 1 fully saturated rings. The van der Waals surface area contributed by atoms with Crippen LogP contribution in [0.1, 0.15) is 25.3 Å². The van der Waals surface area contributed by atoms with Crippen molar-refractivity contribution in [2.45, 2.75) is 31.2 Å². The molecule has 1 aromatic rings. The smallest absolute Gasteiger partial charge is 0.313 e. The molecule has 1 unspecified atom stereocenters. The average Bonchev–Trinajstić information content (AvgIpc) is 3.01. The number of benzene rings is 1. The van der Waals surface area contributed by atoms with E-state index in [1.54, 1.807) is 6.92 Å². The van der Waals surface area contributed by atoms with Crippen molar-refractivity contribution in [3.63, 3.8) is 0 Å². The minimum Gasteiger partial charge on any atom is -0.502 e. The van der Waals surface area contributed by atoms with E-state index in [1.807, 2.05) is 0 Å². The summed E-state index contributed by atoms with van der Waals surface area (Å²) in [6.07, 6.45) is 1.41. The van der Waals surface area contributed by atoms with Gasteiger partial charge in [0.05, 0.1) is 11.0 Å². The van der Waals surface area contributed by atoms with Crippen molar-refractivity contribution >= 4 is 5.69 Å². The Hall–Kier alpha value is -1.69. The molecule has 0 aliphatic heterocycles. The fourth-order valence-electron chi connectivity index (χ4n) is 2.21. The molecular weight excluding hydrogens is 227 g/mol. The molecule has 2 rings (SSSR count). The Morgan fingerprint density at radius 3 is 2.59 bits per heavy atom. The van der Waals surface area contributed by atoms with E-state index in [0.29, 0.717) is 12.8 Å². The Morgan fingerprint density at radius 1 is 1.59 bits per heavy atom. The summed E-state index contributed by atoms with van der Waals surface area (Å²) in [5.41, 5.74) is 4.93. The van der Waals surface area contributed by atoms with E-state index in [9.17, 15) is 19.6 Å². The number of hydrogen-bond donors (Lipinski definition) is 2. The number of aromatic hydroxyl groups is 1. The van der Waals surface area contributed by atoms with Gasteiger partial charge in [-0.3, -0.25) is 10.1 Å². The monoisotopic (exact) mass is 240 g/mol. The quantitative estimate of drug-likeness (QED) is 0.623. The lowest BCUT2D eigenvalue weighted by atomic mass is 9.88. The first kappa shape index (κ1) is 11.8. The second-order valence-corrected chi connectivity index (χ2v) is 4.52. The van der Waals surface area contributed by atoms with Gasteiger partial charge in [0.25, 0.3) is 0 Å². The van der Waals surface area contributed by atoms with E-state index in [-0.39, 0.29) is 11.6 Å².